The molecule has 0 aliphatic carbocycles. The smallest absolute Gasteiger partial charge is 0.240 e. The number of hydrogen-bond donors (Lipinski definition) is 2. The number of nitrogens with one attached hydrogen (secondary N) is 1. The molecule has 0 bridgehead atoms. The highest BCUT2D eigenvalue weighted by atomic mass is 35.5. The van der Waals surface area contributed by atoms with Crippen molar-refractivity contribution in [2.45, 2.75) is 50.7 Å². The van der Waals surface area contributed by atoms with Gasteiger partial charge in [0.05, 0.1) is 5.54 Å². The molecule has 2 heterocycles. The van der Waals surface area contributed by atoms with Gasteiger partial charge in [-0.2, -0.15) is 0 Å². The van der Waals surface area contributed by atoms with Crippen LogP contribution in [-0.2, 0) is 22.6 Å². The molecule has 5 nitrogen and oxygen atoms in total. The fourth-order valence-electron chi connectivity index (χ4n) is 3.46. The second kappa shape index (κ2) is 11.1. The lowest BCUT2D eigenvalue weighted by molar-refractivity contribution is -0.129. The van der Waals surface area contributed by atoms with Crippen LogP contribution in [0.5, 0.6) is 0 Å². The van der Waals surface area contributed by atoms with Crippen molar-refractivity contribution in [2.24, 2.45) is 5.73 Å². The number of rotatable bonds is 5. The van der Waals surface area contributed by atoms with Gasteiger partial charge in [0, 0.05) is 26.3 Å². The number of benzene rings is 1. The summed E-state index contributed by atoms with van der Waals surface area (Å²) in [7, 11) is 0. The Balaban J connectivity index is 0.00000169. The lowest BCUT2D eigenvalue weighted by Crippen LogP contribution is -2.56. The van der Waals surface area contributed by atoms with E-state index in [2.05, 4.69) is 34.5 Å². The Morgan fingerprint density at radius 1 is 1.04 bits per heavy atom. The van der Waals surface area contributed by atoms with E-state index in [-0.39, 0.29) is 30.7 Å². The van der Waals surface area contributed by atoms with Crippen molar-refractivity contribution < 1.29 is 9.53 Å². The van der Waals surface area contributed by atoms with E-state index in [0.717, 1.165) is 12.1 Å². The quantitative estimate of drug-likeness (QED) is 0.792. The van der Waals surface area contributed by atoms with Gasteiger partial charge in [-0.05, 0) is 49.9 Å². The Morgan fingerprint density at radius 2 is 1.62 bits per heavy atom. The molecule has 0 aromatic heterocycles. The van der Waals surface area contributed by atoms with Gasteiger partial charge in [-0.15, -0.1) is 24.8 Å². The summed E-state index contributed by atoms with van der Waals surface area (Å²) in [5, 5.41) is 2.98. The third-order valence-electron chi connectivity index (χ3n) is 5.17. The number of halogens is 2. The van der Waals surface area contributed by atoms with Gasteiger partial charge in [-0.3, -0.25) is 9.69 Å². The van der Waals surface area contributed by atoms with Crippen LogP contribution in [-0.4, -0.2) is 42.6 Å². The van der Waals surface area contributed by atoms with Crippen LogP contribution in [0.1, 0.15) is 43.2 Å². The molecule has 0 unspecified atom stereocenters. The summed E-state index contributed by atoms with van der Waals surface area (Å²) in [6.45, 7) is 5.10. The predicted octanol–water partition coefficient (Wildman–Crippen LogP) is 2.64. The first-order chi connectivity index (χ1) is 11.7. The number of nitrogens with two attached hydrogens (primary N) is 1. The van der Waals surface area contributed by atoms with E-state index in [4.69, 9.17) is 10.5 Å². The predicted molar refractivity (Wildman–Crippen MR) is 109 cm³/mol. The summed E-state index contributed by atoms with van der Waals surface area (Å²) in [6, 6.07) is 8.55. The summed E-state index contributed by atoms with van der Waals surface area (Å²) < 4.78 is 5.29. The average molecular weight is 404 g/mol. The zero-order valence-corrected chi connectivity index (χ0v) is 16.9. The molecular formula is C19H31Cl2N3O2. The van der Waals surface area contributed by atoms with Crippen molar-refractivity contribution >= 4 is 30.7 Å². The van der Waals surface area contributed by atoms with E-state index in [0.29, 0.717) is 32.6 Å². The Hall–Kier alpha value is -0.850. The second-order valence-electron chi connectivity index (χ2n) is 7.10. The van der Waals surface area contributed by atoms with Gasteiger partial charge in [-0.25, -0.2) is 0 Å². The third-order valence-corrected chi connectivity index (χ3v) is 5.17. The van der Waals surface area contributed by atoms with E-state index in [1.54, 1.807) is 0 Å². The van der Waals surface area contributed by atoms with Gasteiger partial charge in [0.1, 0.15) is 0 Å². The van der Waals surface area contributed by atoms with Crippen molar-refractivity contribution in [3.63, 3.8) is 0 Å². The monoisotopic (exact) mass is 403 g/mol. The van der Waals surface area contributed by atoms with Crippen molar-refractivity contribution in [3.8, 4) is 0 Å². The number of ether oxygens (including phenoxy) is 1. The Kier molecular flexibility index (Phi) is 9.90. The Labute approximate surface area is 168 Å². The highest BCUT2D eigenvalue weighted by Gasteiger charge is 2.35. The highest BCUT2D eigenvalue weighted by molar-refractivity contribution is 5.86. The molecule has 0 atom stereocenters. The Bertz CT molecular complexity index is 542. The minimum atomic E-state index is -0.771. The van der Waals surface area contributed by atoms with Crippen LogP contribution < -0.4 is 11.1 Å². The normalized spacial score (nSPS) is 19.7. The zero-order chi connectivity index (χ0) is 16.8. The van der Waals surface area contributed by atoms with E-state index in [1.165, 1.54) is 37.9 Å². The van der Waals surface area contributed by atoms with Crippen molar-refractivity contribution in [2.75, 3.05) is 26.3 Å². The summed E-state index contributed by atoms with van der Waals surface area (Å²) in [6.07, 6.45) is 5.18. The van der Waals surface area contributed by atoms with Crippen molar-refractivity contribution in [3.05, 3.63) is 35.4 Å². The van der Waals surface area contributed by atoms with Gasteiger partial charge in [-0.1, -0.05) is 30.7 Å². The molecule has 2 fully saturated rings. The Morgan fingerprint density at radius 3 is 2.23 bits per heavy atom. The standard InChI is InChI=1S/C19H29N3O2.2ClH/c20-19(8-12-24-13-9-19)18(23)21-14-16-4-6-17(7-5-16)15-22-10-2-1-3-11-22;;/h4-7H,1-3,8-15,20H2,(H,21,23);2*1H. The van der Waals surface area contributed by atoms with Gasteiger partial charge in [0.25, 0.3) is 0 Å². The molecule has 1 aromatic carbocycles. The molecule has 3 rings (SSSR count). The number of carbonyl (C=O) groups is 1. The van der Waals surface area contributed by atoms with Gasteiger partial charge in [0.2, 0.25) is 5.91 Å². The largest absolute Gasteiger partial charge is 0.381 e. The molecule has 0 saturated carbocycles. The zero-order valence-electron chi connectivity index (χ0n) is 15.2. The number of piperidine rings is 1. The van der Waals surface area contributed by atoms with E-state index < -0.39 is 5.54 Å². The van der Waals surface area contributed by atoms with Gasteiger partial charge in [0.15, 0.2) is 0 Å². The number of carbonyl (C=O) groups excluding carboxylic acids is 1. The summed E-state index contributed by atoms with van der Waals surface area (Å²) in [5.74, 6) is -0.0665. The highest BCUT2D eigenvalue weighted by Crippen LogP contribution is 2.18. The van der Waals surface area contributed by atoms with Crippen LogP contribution in [0.2, 0.25) is 0 Å². The second-order valence-corrected chi connectivity index (χ2v) is 7.10. The lowest BCUT2D eigenvalue weighted by atomic mass is 9.90. The molecule has 3 N–H and O–H groups in total. The van der Waals surface area contributed by atoms with Crippen LogP contribution in [0.15, 0.2) is 24.3 Å². The fraction of sp³-hybridized carbons (Fsp3) is 0.632. The summed E-state index contributed by atoms with van der Waals surface area (Å²) in [5.41, 5.74) is 7.88. The maximum Gasteiger partial charge on any atom is 0.240 e. The van der Waals surface area contributed by atoms with Crippen LogP contribution in [0.4, 0.5) is 0 Å². The van der Waals surface area contributed by atoms with E-state index >= 15 is 0 Å². The third kappa shape index (κ3) is 6.39. The summed E-state index contributed by atoms with van der Waals surface area (Å²) in [4.78, 5) is 14.8. The molecule has 26 heavy (non-hydrogen) atoms. The van der Waals surface area contributed by atoms with Crippen LogP contribution in [0.25, 0.3) is 0 Å². The lowest BCUT2D eigenvalue weighted by Gasteiger charge is -2.31. The van der Waals surface area contributed by atoms with Gasteiger partial charge < -0.3 is 15.8 Å². The topological polar surface area (TPSA) is 67.6 Å². The minimum Gasteiger partial charge on any atom is -0.381 e. The van der Waals surface area contributed by atoms with Crippen molar-refractivity contribution in [1.29, 1.82) is 0 Å². The average Bonchev–Trinajstić information content (AvgIpc) is 2.62. The number of nitrogens with zero attached hydrogens (tertiary/aromatic N) is 1. The van der Waals surface area contributed by atoms with E-state index in [1.807, 2.05) is 0 Å². The number of hydrogen-bond acceptors (Lipinski definition) is 4. The number of amides is 1. The molecule has 1 aromatic rings. The fourth-order valence-corrected chi connectivity index (χ4v) is 3.46. The van der Waals surface area contributed by atoms with Crippen molar-refractivity contribution in [1.82, 2.24) is 10.2 Å². The van der Waals surface area contributed by atoms with Crippen LogP contribution in [0.3, 0.4) is 0 Å². The molecule has 7 heteroatoms. The molecule has 2 aliphatic rings. The van der Waals surface area contributed by atoms with E-state index in [9.17, 15) is 4.79 Å². The maximum atomic E-state index is 12.3. The maximum absolute atomic E-state index is 12.3. The minimum absolute atomic E-state index is 0. The SMILES string of the molecule is Cl.Cl.NC1(C(=O)NCc2ccc(CN3CCCCC3)cc2)CCOCC1. The van der Waals surface area contributed by atoms with Crippen LogP contribution in [0, 0.1) is 0 Å². The number of likely N-dealkylation sites (tertiary alicyclic amines) is 1. The molecule has 2 aliphatic heterocycles. The molecule has 148 valence electrons. The molecule has 0 radical (unpaired) electrons. The van der Waals surface area contributed by atoms with Gasteiger partial charge >= 0.3 is 0 Å². The molecule has 2 saturated heterocycles. The first-order valence-electron chi connectivity index (χ1n) is 9.11. The molecule has 0 spiro atoms. The molecule has 1 amide bonds. The van der Waals surface area contributed by atoms with Crippen LogP contribution >= 0.6 is 24.8 Å². The molecular weight excluding hydrogens is 373 g/mol. The summed E-state index contributed by atoms with van der Waals surface area (Å²) >= 11 is 0. The first kappa shape index (κ1) is 23.2. The first-order valence-corrected chi connectivity index (χ1v) is 9.11.